The Kier molecular flexibility index (Phi) is 7.53. The fourth-order valence-corrected chi connectivity index (χ4v) is 3.84. The summed E-state index contributed by atoms with van der Waals surface area (Å²) >= 11 is 0. The Hall–Kier alpha value is -0.863. The predicted octanol–water partition coefficient (Wildman–Crippen LogP) is 2.57. The van der Waals surface area contributed by atoms with Gasteiger partial charge in [-0.05, 0) is 25.6 Å². The fraction of sp³-hybridized carbons (Fsp3) is 0.909. The molecule has 0 unspecified atom stereocenters. The van der Waals surface area contributed by atoms with E-state index in [0.29, 0.717) is 0 Å². The molecule has 0 saturated carbocycles. The first-order valence-electron chi connectivity index (χ1n) is 6.71. The van der Waals surface area contributed by atoms with E-state index in [4.69, 9.17) is 4.43 Å². The van der Waals surface area contributed by atoms with Gasteiger partial charge in [0.15, 0.2) is 8.32 Å². The first-order chi connectivity index (χ1) is 10.9. The molecule has 0 aromatic rings. The molecular weight excluding hydrogens is 402 g/mol. The number of halogens is 6. The van der Waals surface area contributed by atoms with E-state index in [1.807, 2.05) is 0 Å². The number of esters is 1. The summed E-state index contributed by atoms with van der Waals surface area (Å²) in [5.41, 5.74) is -5.41. The van der Waals surface area contributed by atoms with Gasteiger partial charge in [0.05, 0.1) is 15.9 Å². The van der Waals surface area contributed by atoms with E-state index < -0.39 is 54.5 Å². The van der Waals surface area contributed by atoms with Crippen LogP contribution in [0.25, 0.3) is 0 Å². The normalized spacial score (nSPS) is 14.5. The highest BCUT2D eigenvalue weighted by atomic mass is 32.2. The summed E-state index contributed by atoms with van der Waals surface area (Å²) in [6, 6.07) is 0.240. The molecule has 0 aromatic carbocycles. The number of carbonyl (C=O) groups excluding carboxylic acids is 1. The van der Waals surface area contributed by atoms with Crippen LogP contribution in [0.1, 0.15) is 12.8 Å². The maximum absolute atomic E-state index is 12.9. The van der Waals surface area contributed by atoms with E-state index in [1.54, 1.807) is 13.1 Å². The zero-order valence-electron chi connectivity index (χ0n) is 13.5. The minimum absolute atomic E-state index is 0.123. The highest BCUT2D eigenvalue weighted by molar-refractivity contribution is 7.85. The monoisotopic (exact) mass is 419 g/mol. The first-order valence-corrected chi connectivity index (χ1v) is 11.4. The molecule has 0 saturated heterocycles. The molecule has 0 aliphatic rings. The molecule has 0 radical (unpaired) electrons. The zero-order chi connectivity index (χ0) is 20.3. The lowest BCUT2D eigenvalue weighted by atomic mass is 10.1. The second kappa shape index (κ2) is 7.80. The van der Waals surface area contributed by atoms with Gasteiger partial charge in [0.1, 0.15) is 0 Å². The highest BCUT2D eigenvalue weighted by Crippen LogP contribution is 2.47. The van der Waals surface area contributed by atoms with Crippen LogP contribution in [0.5, 0.6) is 0 Å². The third kappa shape index (κ3) is 7.11. The van der Waals surface area contributed by atoms with Crippen molar-refractivity contribution in [2.24, 2.45) is 0 Å². The highest BCUT2D eigenvalue weighted by Gasteiger charge is 2.75. The number of hydrogen-bond acceptors (Lipinski definition) is 6. The predicted molar refractivity (Wildman–Crippen MR) is 74.0 cm³/mol. The molecule has 0 aliphatic heterocycles. The average molecular weight is 419 g/mol. The number of rotatable bonds is 8. The Morgan fingerprint density at radius 3 is 1.84 bits per heavy atom. The molecule has 0 aliphatic carbocycles. The molecule has 0 fully saturated rings. The van der Waals surface area contributed by atoms with Crippen LogP contribution in [0.3, 0.4) is 0 Å². The van der Waals surface area contributed by atoms with Gasteiger partial charge in [-0.25, -0.2) is 8.42 Å². The summed E-state index contributed by atoms with van der Waals surface area (Å²) in [5, 5.41) is 0. The van der Waals surface area contributed by atoms with Crippen LogP contribution in [0.4, 0.5) is 26.3 Å². The van der Waals surface area contributed by atoms with Crippen molar-refractivity contribution < 1.29 is 53.3 Å². The van der Waals surface area contributed by atoms with Crippen LogP contribution in [-0.4, -0.2) is 58.1 Å². The van der Waals surface area contributed by atoms with Gasteiger partial charge in [-0.2, -0.15) is 26.3 Å². The van der Waals surface area contributed by atoms with E-state index in [2.05, 4.69) is 4.74 Å². The van der Waals surface area contributed by atoms with Gasteiger partial charge in [-0.1, -0.05) is 0 Å². The van der Waals surface area contributed by atoms with Crippen molar-refractivity contribution in [3.63, 3.8) is 0 Å². The van der Waals surface area contributed by atoms with Gasteiger partial charge < -0.3 is 13.7 Å². The van der Waals surface area contributed by atoms with Crippen molar-refractivity contribution in [2.45, 2.75) is 49.9 Å². The minimum atomic E-state index is -6.35. The van der Waals surface area contributed by atoms with Gasteiger partial charge in [-0.15, -0.1) is 0 Å². The van der Waals surface area contributed by atoms with Crippen molar-refractivity contribution in [3.8, 4) is 0 Å². The van der Waals surface area contributed by atoms with Crippen LogP contribution in [0, 0.1) is 0 Å². The maximum atomic E-state index is 12.9. The molecule has 0 spiro atoms. The number of alkyl halides is 6. The second-order valence-electron chi connectivity index (χ2n) is 5.82. The quantitative estimate of drug-likeness (QED) is 0.260. The number of hydrogen-bond donors (Lipinski definition) is 0. The average Bonchev–Trinajstić information content (AvgIpc) is 2.33. The van der Waals surface area contributed by atoms with E-state index in [-0.39, 0.29) is 12.5 Å². The summed E-state index contributed by atoms with van der Waals surface area (Å²) in [5.74, 6) is -4.91. The van der Waals surface area contributed by atoms with Crippen LogP contribution >= 0.6 is 0 Å². The van der Waals surface area contributed by atoms with Crippen LogP contribution in [-0.2, 0) is 24.1 Å². The van der Waals surface area contributed by atoms with Gasteiger partial charge in [0, 0.05) is 13.5 Å². The van der Waals surface area contributed by atoms with Gasteiger partial charge in [-0.3, -0.25) is 4.79 Å². The Labute approximate surface area is 141 Å². The van der Waals surface area contributed by atoms with Crippen molar-refractivity contribution in [2.75, 3.05) is 12.9 Å². The Morgan fingerprint density at radius 2 is 1.52 bits per heavy atom. The van der Waals surface area contributed by atoms with Gasteiger partial charge >= 0.3 is 23.9 Å². The lowest BCUT2D eigenvalue weighted by Crippen LogP contribution is -2.63. The SMILES string of the molecule is CO[Si](C)(C)CCCC(=O)OC(CS(=O)(=O)[O-])(C(F)(F)F)C(F)(F)F. The van der Waals surface area contributed by atoms with Crippen molar-refractivity contribution >= 4 is 24.4 Å². The van der Waals surface area contributed by atoms with Crippen molar-refractivity contribution in [1.29, 1.82) is 0 Å². The van der Waals surface area contributed by atoms with Crippen molar-refractivity contribution in [3.05, 3.63) is 0 Å². The molecule has 0 amide bonds. The smallest absolute Gasteiger partial charge is 0.438 e. The Balaban J connectivity index is 5.48. The molecule has 14 heteroatoms. The molecule has 0 N–H and O–H groups in total. The van der Waals surface area contributed by atoms with Crippen molar-refractivity contribution in [1.82, 2.24) is 0 Å². The molecule has 0 aromatic heterocycles. The Bertz CT molecular complexity index is 557. The molecule has 6 nitrogen and oxygen atoms in total. The third-order valence-electron chi connectivity index (χ3n) is 3.30. The zero-order valence-corrected chi connectivity index (χ0v) is 15.3. The molecular formula is C11H17F6O6SSi-. The number of ether oxygens (including phenoxy) is 1. The lowest BCUT2D eigenvalue weighted by Gasteiger charge is -2.37. The van der Waals surface area contributed by atoms with Crippen LogP contribution in [0.2, 0.25) is 19.1 Å². The van der Waals surface area contributed by atoms with E-state index in [9.17, 15) is 44.1 Å². The number of carbonyl (C=O) groups is 1. The van der Waals surface area contributed by atoms with E-state index >= 15 is 0 Å². The summed E-state index contributed by atoms with van der Waals surface area (Å²) in [6.45, 7) is 3.41. The van der Waals surface area contributed by atoms with Gasteiger partial charge in [0.2, 0.25) is 0 Å². The first kappa shape index (κ1) is 24.1. The topological polar surface area (TPSA) is 92.7 Å². The molecule has 0 atom stereocenters. The summed E-state index contributed by atoms with van der Waals surface area (Å²) in [7, 11) is -6.86. The lowest BCUT2D eigenvalue weighted by molar-refractivity contribution is -0.361. The maximum Gasteiger partial charge on any atom is 0.438 e. The third-order valence-corrected chi connectivity index (χ3v) is 6.72. The largest absolute Gasteiger partial charge is 0.748 e. The standard InChI is InChI=1S/C11H18F6O6SSi/c1-22-25(2,3)6-4-5-8(18)23-9(10(12,13)14,11(15,16)17)7-24(19,20)21/h4-7H2,1-3H3,(H,19,20,21)/p-1. The molecule has 150 valence electrons. The summed E-state index contributed by atoms with van der Waals surface area (Å²) < 4.78 is 118. The summed E-state index contributed by atoms with van der Waals surface area (Å²) in [6.07, 6.45) is -13.6. The molecule has 25 heavy (non-hydrogen) atoms. The minimum Gasteiger partial charge on any atom is -0.748 e. The Morgan fingerprint density at radius 1 is 1.08 bits per heavy atom. The summed E-state index contributed by atoms with van der Waals surface area (Å²) in [4.78, 5) is 11.5. The second-order valence-corrected chi connectivity index (χ2v) is 11.6. The van der Waals surface area contributed by atoms with E-state index in [1.165, 1.54) is 7.11 Å². The van der Waals surface area contributed by atoms with Gasteiger partial charge in [0.25, 0.3) is 0 Å². The van der Waals surface area contributed by atoms with Crippen LogP contribution in [0.15, 0.2) is 0 Å². The molecule has 0 heterocycles. The van der Waals surface area contributed by atoms with E-state index in [0.717, 1.165) is 0 Å². The fourth-order valence-electron chi connectivity index (χ4n) is 1.72. The molecule has 0 bridgehead atoms. The van der Waals surface area contributed by atoms with Crippen LogP contribution < -0.4 is 0 Å². The molecule has 0 rings (SSSR count).